The highest BCUT2D eigenvalue weighted by molar-refractivity contribution is 7.92. The lowest BCUT2D eigenvalue weighted by Crippen LogP contribution is -2.19. The summed E-state index contributed by atoms with van der Waals surface area (Å²) in [4.78, 5) is 12.8. The van der Waals surface area contributed by atoms with Crippen LogP contribution >= 0.6 is 0 Å². The Morgan fingerprint density at radius 3 is 2.36 bits per heavy atom. The summed E-state index contributed by atoms with van der Waals surface area (Å²) in [7, 11) is -0.950. The van der Waals surface area contributed by atoms with Gasteiger partial charge >= 0.3 is 0 Å². The monoisotopic (exact) mass is 581 g/mol. The molecule has 5 aromatic rings. The number of hydrogen-bond donors (Lipinski definition) is 2. The van der Waals surface area contributed by atoms with E-state index in [0.29, 0.717) is 22.8 Å². The number of nitrogens with one attached hydrogen (secondary N) is 2. The van der Waals surface area contributed by atoms with Crippen molar-refractivity contribution < 1.29 is 22.7 Å². The molecule has 4 aromatic carbocycles. The fraction of sp³-hybridized carbons (Fsp3) is 0.0645. The van der Waals surface area contributed by atoms with Crippen molar-refractivity contribution >= 4 is 27.8 Å². The summed E-state index contributed by atoms with van der Waals surface area (Å²) < 4.78 is 40.8. The van der Waals surface area contributed by atoms with E-state index in [1.54, 1.807) is 42.3 Å². The molecule has 0 atom stereocenters. The normalized spacial score (nSPS) is 11.3. The number of methoxy groups -OCH3 is 2. The van der Waals surface area contributed by atoms with Crippen LogP contribution in [0.25, 0.3) is 16.9 Å². The molecule has 1 heterocycles. The average molecular weight is 582 g/mol. The van der Waals surface area contributed by atoms with Gasteiger partial charge in [0.25, 0.3) is 15.9 Å². The van der Waals surface area contributed by atoms with Crippen LogP contribution in [0.2, 0.25) is 0 Å². The summed E-state index contributed by atoms with van der Waals surface area (Å²) in [5.41, 5.74) is 5.87. The molecule has 212 valence electrons. The molecule has 0 fully saturated rings. The van der Waals surface area contributed by atoms with Gasteiger partial charge in [0.2, 0.25) is 0 Å². The number of aromatic nitrogens is 2. The Hall–Kier alpha value is -5.42. The molecule has 0 aliphatic carbocycles. The zero-order valence-corrected chi connectivity index (χ0v) is 23.6. The largest absolute Gasteiger partial charge is 0.497 e. The van der Waals surface area contributed by atoms with E-state index >= 15 is 0 Å². The zero-order valence-electron chi connectivity index (χ0n) is 22.8. The molecule has 10 nitrogen and oxygen atoms in total. The summed E-state index contributed by atoms with van der Waals surface area (Å²) in [6.45, 7) is 0. The maximum absolute atomic E-state index is 13.0. The molecule has 5 rings (SSSR count). The summed E-state index contributed by atoms with van der Waals surface area (Å²) >= 11 is 0. The van der Waals surface area contributed by atoms with Crippen molar-refractivity contribution in [3.05, 3.63) is 120 Å². The molecule has 0 saturated heterocycles. The minimum Gasteiger partial charge on any atom is -0.497 e. The van der Waals surface area contributed by atoms with E-state index in [-0.39, 0.29) is 16.1 Å². The molecule has 0 saturated carbocycles. The molecule has 0 bridgehead atoms. The van der Waals surface area contributed by atoms with Crippen LogP contribution in [0.5, 0.6) is 11.5 Å². The third-order valence-corrected chi connectivity index (χ3v) is 7.62. The smallest absolute Gasteiger partial charge is 0.271 e. The molecule has 0 aliphatic heterocycles. The van der Waals surface area contributed by atoms with E-state index in [1.165, 1.54) is 37.6 Å². The second kappa shape index (κ2) is 12.4. The number of anilines is 1. The molecule has 0 aliphatic rings. The Kier molecular flexibility index (Phi) is 8.30. The van der Waals surface area contributed by atoms with Gasteiger partial charge in [0, 0.05) is 22.9 Å². The number of carbonyl (C=O) groups is 1. The van der Waals surface area contributed by atoms with Gasteiger partial charge in [0.05, 0.1) is 36.7 Å². The number of carbonyl (C=O) groups excluding carboxylic acids is 1. The first-order chi connectivity index (χ1) is 20.4. The Balaban J connectivity index is 1.37. The molecule has 2 N–H and O–H groups in total. The highest BCUT2D eigenvalue weighted by atomic mass is 32.2. The van der Waals surface area contributed by atoms with Crippen LogP contribution in [-0.2, 0) is 10.0 Å². The van der Waals surface area contributed by atoms with Gasteiger partial charge in [-0.3, -0.25) is 9.52 Å². The van der Waals surface area contributed by atoms with E-state index in [4.69, 9.17) is 14.6 Å². The fourth-order valence-corrected chi connectivity index (χ4v) is 5.25. The second-order valence-electron chi connectivity index (χ2n) is 8.97. The second-order valence-corrected chi connectivity index (χ2v) is 10.7. The molecular formula is C31H27N5O5S. The topological polar surface area (TPSA) is 124 Å². The first-order valence-electron chi connectivity index (χ1n) is 12.8. The van der Waals surface area contributed by atoms with E-state index in [1.807, 2.05) is 54.6 Å². The van der Waals surface area contributed by atoms with E-state index in [0.717, 1.165) is 11.3 Å². The van der Waals surface area contributed by atoms with Gasteiger partial charge in [-0.15, -0.1) is 0 Å². The van der Waals surface area contributed by atoms with Crippen LogP contribution in [0.15, 0.2) is 119 Å². The van der Waals surface area contributed by atoms with Crippen LogP contribution in [0.3, 0.4) is 0 Å². The number of rotatable bonds is 10. The third kappa shape index (κ3) is 6.31. The van der Waals surface area contributed by atoms with E-state index in [2.05, 4.69) is 15.2 Å². The van der Waals surface area contributed by atoms with Crippen molar-refractivity contribution in [2.45, 2.75) is 4.90 Å². The molecule has 1 amide bonds. The van der Waals surface area contributed by atoms with Gasteiger partial charge in [-0.2, -0.15) is 10.2 Å². The van der Waals surface area contributed by atoms with Crippen LogP contribution in [0, 0.1) is 0 Å². The van der Waals surface area contributed by atoms with Gasteiger partial charge in [-0.25, -0.2) is 18.5 Å². The Labute approximate surface area is 243 Å². The minimum atomic E-state index is -4.00. The van der Waals surface area contributed by atoms with Crippen molar-refractivity contribution in [1.82, 2.24) is 15.2 Å². The number of sulfonamides is 1. The highest BCUT2D eigenvalue weighted by Crippen LogP contribution is 2.27. The van der Waals surface area contributed by atoms with Crippen LogP contribution in [0.1, 0.15) is 15.9 Å². The van der Waals surface area contributed by atoms with Gasteiger partial charge in [-0.05, 0) is 66.7 Å². The van der Waals surface area contributed by atoms with Crippen LogP contribution < -0.4 is 19.6 Å². The van der Waals surface area contributed by atoms with Crippen LogP contribution in [0.4, 0.5) is 5.69 Å². The van der Waals surface area contributed by atoms with Crippen molar-refractivity contribution in [1.29, 1.82) is 0 Å². The average Bonchev–Trinajstić information content (AvgIpc) is 3.46. The summed E-state index contributed by atoms with van der Waals surface area (Å²) in [5, 5.41) is 8.88. The highest BCUT2D eigenvalue weighted by Gasteiger charge is 2.18. The molecular weight excluding hydrogens is 554 g/mol. The van der Waals surface area contributed by atoms with Crippen molar-refractivity contribution in [2.24, 2.45) is 5.10 Å². The SMILES string of the molecule is COc1ccc(-c2nn(-c3ccccc3)cc2C=NNC(=O)c2cccc(S(=O)(=O)Nc3ccccc3OC)c2)cc1. The summed E-state index contributed by atoms with van der Waals surface area (Å²) in [5.74, 6) is 0.502. The van der Waals surface area contributed by atoms with Gasteiger partial charge in [0.1, 0.15) is 17.2 Å². The molecule has 0 unspecified atom stereocenters. The van der Waals surface area contributed by atoms with Gasteiger partial charge in [-0.1, -0.05) is 36.4 Å². The standard InChI is InChI=1S/C31H27N5O5S/c1-40-26-17-15-22(16-18-26)30-24(21-36(34-30)25-10-4-3-5-11-25)20-32-33-31(37)23-9-8-12-27(19-23)42(38,39)35-28-13-6-7-14-29(28)41-2/h3-21,35H,1-2H3,(H,33,37). The van der Waals surface area contributed by atoms with Crippen LogP contribution in [-0.4, -0.2) is 44.5 Å². The van der Waals surface area contributed by atoms with E-state index in [9.17, 15) is 13.2 Å². The van der Waals surface area contributed by atoms with Crippen molar-refractivity contribution in [3.8, 4) is 28.4 Å². The Morgan fingerprint density at radius 1 is 0.881 bits per heavy atom. The van der Waals surface area contributed by atoms with Crippen molar-refractivity contribution in [3.63, 3.8) is 0 Å². The van der Waals surface area contributed by atoms with Gasteiger partial charge < -0.3 is 9.47 Å². The molecule has 0 spiro atoms. The van der Waals surface area contributed by atoms with Crippen molar-refractivity contribution in [2.75, 3.05) is 18.9 Å². The number of nitrogens with zero attached hydrogens (tertiary/aromatic N) is 3. The lowest BCUT2D eigenvalue weighted by molar-refractivity contribution is 0.0955. The minimum absolute atomic E-state index is 0.0871. The Morgan fingerprint density at radius 2 is 1.62 bits per heavy atom. The number of hydrogen-bond acceptors (Lipinski definition) is 7. The summed E-state index contributed by atoms with van der Waals surface area (Å²) in [6.07, 6.45) is 3.30. The maximum atomic E-state index is 13.0. The van der Waals surface area contributed by atoms with E-state index < -0.39 is 15.9 Å². The lowest BCUT2D eigenvalue weighted by atomic mass is 10.1. The molecule has 1 aromatic heterocycles. The molecule has 0 radical (unpaired) electrons. The first kappa shape index (κ1) is 28.1. The number of ether oxygens (including phenoxy) is 2. The number of hydrazone groups is 1. The lowest BCUT2D eigenvalue weighted by Gasteiger charge is -2.12. The van der Waals surface area contributed by atoms with Gasteiger partial charge in [0.15, 0.2) is 0 Å². The maximum Gasteiger partial charge on any atom is 0.271 e. The number of benzene rings is 4. The molecule has 42 heavy (non-hydrogen) atoms. The number of para-hydroxylation sites is 3. The fourth-order valence-electron chi connectivity index (χ4n) is 4.13. The predicted octanol–water partition coefficient (Wildman–Crippen LogP) is 5.12. The Bertz CT molecular complexity index is 1840. The molecule has 11 heteroatoms. The third-order valence-electron chi connectivity index (χ3n) is 6.25. The summed E-state index contributed by atoms with van der Waals surface area (Å²) in [6, 6.07) is 29.4. The number of amides is 1. The first-order valence-corrected chi connectivity index (χ1v) is 14.2. The quantitative estimate of drug-likeness (QED) is 0.174. The zero-order chi connectivity index (χ0) is 29.5. The predicted molar refractivity (Wildman–Crippen MR) is 161 cm³/mol.